The van der Waals surface area contributed by atoms with Crippen LogP contribution in [-0.4, -0.2) is 24.9 Å². The fourth-order valence-electron chi connectivity index (χ4n) is 6.24. The zero-order valence-corrected chi connectivity index (χ0v) is 27.0. The summed E-state index contributed by atoms with van der Waals surface area (Å²) < 4.78 is 2.31. The highest BCUT2D eigenvalue weighted by atomic mass is 32.1. The minimum absolute atomic E-state index is 0.635. The molecule has 0 N–H and O–H groups in total. The van der Waals surface area contributed by atoms with E-state index in [1.807, 2.05) is 60.7 Å². The van der Waals surface area contributed by atoms with Crippen LogP contribution >= 0.6 is 11.3 Å². The predicted octanol–water partition coefficient (Wildman–Crippen LogP) is 11.0. The summed E-state index contributed by atoms with van der Waals surface area (Å²) in [5.74, 6) is 1.93. The number of hydrogen-bond acceptors (Lipinski definition) is 6. The van der Waals surface area contributed by atoms with Crippen LogP contribution in [0.3, 0.4) is 0 Å². The van der Waals surface area contributed by atoms with Crippen molar-refractivity contribution in [3.63, 3.8) is 0 Å². The van der Waals surface area contributed by atoms with Crippen LogP contribution < -0.4 is 0 Å². The maximum absolute atomic E-state index is 4.89. The van der Waals surface area contributed by atoms with Gasteiger partial charge in [-0.2, -0.15) is 0 Å². The summed E-state index contributed by atoms with van der Waals surface area (Å²) in [5, 5.41) is 1.15. The summed E-state index contributed by atoms with van der Waals surface area (Å²) in [4.78, 5) is 24.2. The van der Waals surface area contributed by atoms with E-state index in [0.717, 1.165) is 54.7 Å². The summed E-state index contributed by atoms with van der Waals surface area (Å²) in [6, 6.07) is 54.1. The molecule has 0 fully saturated rings. The SMILES string of the molecule is c1ccc(-c2nc(-c3ccccc3)nc(-c3ccc(-c4cccc(-c5ncnc6c5sc5c(-c7ccccc7)cccc56)c4)cc3)n2)cc1. The molecular weight excluding hydrogens is 619 g/mol. The fourth-order valence-corrected chi connectivity index (χ4v) is 7.55. The molecule has 0 spiro atoms. The molecule has 0 atom stereocenters. The van der Waals surface area contributed by atoms with E-state index < -0.39 is 0 Å². The van der Waals surface area contributed by atoms with Gasteiger partial charge in [-0.15, -0.1) is 11.3 Å². The van der Waals surface area contributed by atoms with Crippen molar-refractivity contribution in [2.24, 2.45) is 0 Å². The number of benzene rings is 6. The van der Waals surface area contributed by atoms with Gasteiger partial charge in [-0.1, -0.05) is 152 Å². The molecule has 3 heterocycles. The van der Waals surface area contributed by atoms with Gasteiger partial charge in [0.25, 0.3) is 0 Å². The van der Waals surface area contributed by atoms with Gasteiger partial charge in [-0.25, -0.2) is 24.9 Å². The largest absolute Gasteiger partial charge is 0.235 e. The van der Waals surface area contributed by atoms with Gasteiger partial charge in [-0.3, -0.25) is 0 Å². The molecule has 0 saturated heterocycles. The topological polar surface area (TPSA) is 64.5 Å². The fraction of sp³-hybridized carbons (Fsp3) is 0. The maximum Gasteiger partial charge on any atom is 0.164 e. The molecule has 0 aliphatic heterocycles. The van der Waals surface area contributed by atoms with Crippen LogP contribution in [-0.2, 0) is 0 Å². The number of aromatic nitrogens is 5. The molecule has 9 rings (SSSR count). The number of fused-ring (bicyclic) bond motifs is 3. The van der Waals surface area contributed by atoms with Gasteiger partial charge in [0.05, 0.1) is 15.9 Å². The van der Waals surface area contributed by atoms with Crippen LogP contribution in [0.25, 0.3) is 88.0 Å². The van der Waals surface area contributed by atoms with E-state index in [4.69, 9.17) is 24.9 Å². The average molecular weight is 646 g/mol. The third-order valence-electron chi connectivity index (χ3n) is 8.67. The van der Waals surface area contributed by atoms with Crippen LogP contribution in [0.15, 0.2) is 164 Å². The molecular formula is C43H27N5S. The maximum atomic E-state index is 4.89. The zero-order valence-electron chi connectivity index (χ0n) is 26.2. The molecule has 0 aliphatic rings. The molecule has 6 aromatic carbocycles. The van der Waals surface area contributed by atoms with Crippen molar-refractivity contribution in [3.8, 4) is 67.7 Å². The average Bonchev–Trinajstić information content (AvgIpc) is 3.58. The third kappa shape index (κ3) is 5.44. The minimum Gasteiger partial charge on any atom is -0.235 e. The molecule has 0 radical (unpaired) electrons. The second-order valence-corrected chi connectivity index (χ2v) is 12.8. The normalized spacial score (nSPS) is 11.3. The quantitative estimate of drug-likeness (QED) is 0.180. The molecule has 0 aliphatic carbocycles. The van der Waals surface area contributed by atoms with Gasteiger partial charge in [-0.05, 0) is 28.3 Å². The lowest BCUT2D eigenvalue weighted by molar-refractivity contribution is 1.07. The number of thiophene rings is 1. The summed E-state index contributed by atoms with van der Waals surface area (Å²) in [6.07, 6.45) is 1.68. The van der Waals surface area contributed by atoms with Crippen molar-refractivity contribution in [3.05, 3.63) is 164 Å². The Kier molecular flexibility index (Phi) is 7.26. The molecule has 5 nitrogen and oxygen atoms in total. The van der Waals surface area contributed by atoms with Crippen molar-refractivity contribution < 1.29 is 0 Å². The van der Waals surface area contributed by atoms with E-state index in [-0.39, 0.29) is 0 Å². The van der Waals surface area contributed by atoms with Gasteiger partial charge >= 0.3 is 0 Å². The zero-order chi connectivity index (χ0) is 32.6. The predicted molar refractivity (Wildman–Crippen MR) is 201 cm³/mol. The molecule has 0 unspecified atom stereocenters. The van der Waals surface area contributed by atoms with Gasteiger partial charge < -0.3 is 0 Å². The second-order valence-electron chi connectivity index (χ2n) is 11.7. The lowest BCUT2D eigenvalue weighted by atomic mass is 10.00. The number of nitrogens with zero attached hydrogens (tertiary/aromatic N) is 5. The van der Waals surface area contributed by atoms with Gasteiger partial charge in [0.15, 0.2) is 17.5 Å². The van der Waals surface area contributed by atoms with Crippen molar-refractivity contribution in [1.29, 1.82) is 0 Å². The van der Waals surface area contributed by atoms with E-state index in [1.165, 1.54) is 15.8 Å². The molecule has 3 aromatic heterocycles. The monoisotopic (exact) mass is 645 g/mol. The molecule has 0 bridgehead atoms. The Labute approximate surface area is 287 Å². The van der Waals surface area contributed by atoms with Crippen molar-refractivity contribution in [2.75, 3.05) is 0 Å². The Bertz CT molecular complexity index is 2530. The van der Waals surface area contributed by atoms with E-state index >= 15 is 0 Å². The van der Waals surface area contributed by atoms with Crippen molar-refractivity contribution in [1.82, 2.24) is 24.9 Å². The minimum atomic E-state index is 0.635. The lowest BCUT2D eigenvalue weighted by Gasteiger charge is -2.10. The highest BCUT2D eigenvalue weighted by Crippen LogP contribution is 2.42. The van der Waals surface area contributed by atoms with Crippen LogP contribution in [0.1, 0.15) is 0 Å². The Morgan fingerprint density at radius 3 is 1.51 bits per heavy atom. The Balaban J connectivity index is 1.09. The van der Waals surface area contributed by atoms with Crippen LogP contribution in [0, 0.1) is 0 Å². The highest BCUT2D eigenvalue weighted by Gasteiger charge is 2.17. The van der Waals surface area contributed by atoms with E-state index in [0.29, 0.717) is 17.5 Å². The van der Waals surface area contributed by atoms with E-state index in [1.54, 1.807) is 17.7 Å². The first-order valence-corrected chi connectivity index (χ1v) is 16.9. The first-order chi connectivity index (χ1) is 24.3. The van der Waals surface area contributed by atoms with Crippen molar-refractivity contribution >= 4 is 31.6 Å². The first kappa shape index (κ1) is 28.8. The molecule has 0 saturated carbocycles. The summed E-state index contributed by atoms with van der Waals surface area (Å²) in [6.45, 7) is 0. The van der Waals surface area contributed by atoms with Gasteiger partial charge in [0.1, 0.15) is 6.33 Å². The second kappa shape index (κ2) is 12.3. The van der Waals surface area contributed by atoms with Gasteiger partial charge in [0, 0.05) is 32.3 Å². The summed E-state index contributed by atoms with van der Waals surface area (Å²) >= 11 is 1.76. The van der Waals surface area contributed by atoms with E-state index in [2.05, 4.69) is 97.1 Å². The highest BCUT2D eigenvalue weighted by molar-refractivity contribution is 7.26. The van der Waals surface area contributed by atoms with Crippen LogP contribution in [0.2, 0.25) is 0 Å². The van der Waals surface area contributed by atoms with Gasteiger partial charge in [0.2, 0.25) is 0 Å². The molecule has 0 amide bonds. The first-order valence-electron chi connectivity index (χ1n) is 16.1. The van der Waals surface area contributed by atoms with Crippen LogP contribution in [0.4, 0.5) is 0 Å². The number of rotatable bonds is 6. The number of hydrogen-bond donors (Lipinski definition) is 0. The Morgan fingerprint density at radius 2 is 0.878 bits per heavy atom. The van der Waals surface area contributed by atoms with E-state index in [9.17, 15) is 0 Å². The smallest absolute Gasteiger partial charge is 0.164 e. The molecule has 230 valence electrons. The summed E-state index contributed by atoms with van der Waals surface area (Å²) in [5.41, 5.74) is 10.4. The lowest BCUT2D eigenvalue weighted by Crippen LogP contribution is -2.00. The summed E-state index contributed by atoms with van der Waals surface area (Å²) in [7, 11) is 0. The van der Waals surface area contributed by atoms with Crippen molar-refractivity contribution in [2.45, 2.75) is 0 Å². The molecule has 6 heteroatoms. The third-order valence-corrected chi connectivity index (χ3v) is 9.91. The molecule has 9 aromatic rings. The molecule has 49 heavy (non-hydrogen) atoms. The Hall–Kier alpha value is -6.37. The Morgan fingerprint density at radius 1 is 0.367 bits per heavy atom. The standard InChI is InChI=1S/C43H27N5S/c1-4-12-29(13-5-1)35-20-11-21-36-38-40(49-39(35)36)37(44-27-45-38)34-19-10-18-33(26-34)28-22-24-32(25-23-28)43-47-41(30-14-6-2-7-15-30)46-42(48-43)31-16-8-3-9-17-31/h1-27H. The van der Waals surface area contributed by atoms with Crippen LogP contribution in [0.5, 0.6) is 0 Å².